The van der Waals surface area contributed by atoms with Crippen LogP contribution in [0.4, 0.5) is 15.8 Å². The second-order valence-corrected chi connectivity index (χ2v) is 4.39. The monoisotopic (exact) mass is 278 g/mol. The zero-order valence-electron chi connectivity index (χ0n) is 11.0. The summed E-state index contributed by atoms with van der Waals surface area (Å²) in [5.41, 5.74) is 5.69. The minimum Gasteiger partial charge on any atom is -0.377 e. The third-order valence-electron chi connectivity index (χ3n) is 3.15. The number of nitrogens with two attached hydrogens (primary N) is 1. The molecule has 20 heavy (non-hydrogen) atoms. The Balaban J connectivity index is 2.63. The van der Waals surface area contributed by atoms with Gasteiger partial charge in [0.15, 0.2) is 5.82 Å². The molecule has 0 fully saturated rings. The highest BCUT2D eigenvalue weighted by molar-refractivity contribution is 5.97. The number of benzene rings is 1. The van der Waals surface area contributed by atoms with Crippen molar-refractivity contribution in [1.82, 2.24) is 4.98 Å². The van der Waals surface area contributed by atoms with Gasteiger partial charge in [-0.1, -0.05) is 6.92 Å². The lowest BCUT2D eigenvalue weighted by Crippen LogP contribution is -2.28. The predicted molar refractivity (Wildman–Crippen MR) is 75.1 cm³/mol. The second kappa shape index (κ2) is 5.79. The molecule has 1 atom stereocenters. The highest BCUT2D eigenvalue weighted by Crippen LogP contribution is 2.33. The minimum absolute atomic E-state index is 0.115. The summed E-state index contributed by atoms with van der Waals surface area (Å²) in [6.07, 6.45) is 2.18. The van der Waals surface area contributed by atoms with E-state index in [0.717, 1.165) is 6.07 Å². The Kier molecular flexibility index (Phi) is 4.09. The molecule has 1 unspecified atom stereocenters. The highest BCUT2D eigenvalue weighted by Gasteiger charge is 2.21. The number of nitro benzene ring substituents is 1. The van der Waals surface area contributed by atoms with Crippen molar-refractivity contribution < 1.29 is 9.31 Å². The Bertz CT molecular complexity index is 644. The molecule has 1 aromatic heterocycles. The lowest BCUT2D eigenvalue weighted by Gasteiger charge is -2.17. The van der Waals surface area contributed by atoms with Crippen molar-refractivity contribution in [3.8, 4) is 0 Å². The number of non-ortho nitro benzene ring substituents is 1. The normalized spacial score (nSPS) is 12.3. The first-order valence-corrected chi connectivity index (χ1v) is 6.26. The molecule has 0 aliphatic rings. The van der Waals surface area contributed by atoms with E-state index < -0.39 is 10.7 Å². The molecule has 2 rings (SSSR count). The molecule has 3 N–H and O–H groups in total. The van der Waals surface area contributed by atoms with E-state index in [1.54, 1.807) is 12.1 Å². The Morgan fingerprint density at radius 3 is 2.95 bits per heavy atom. The summed E-state index contributed by atoms with van der Waals surface area (Å²) < 4.78 is 14.1. The van der Waals surface area contributed by atoms with Crippen LogP contribution in [-0.2, 0) is 0 Å². The van der Waals surface area contributed by atoms with Gasteiger partial charge in [-0.25, -0.2) is 4.39 Å². The quantitative estimate of drug-likeness (QED) is 0.647. The summed E-state index contributed by atoms with van der Waals surface area (Å²) >= 11 is 0. The van der Waals surface area contributed by atoms with Crippen LogP contribution in [0.1, 0.15) is 13.3 Å². The summed E-state index contributed by atoms with van der Waals surface area (Å²) in [5, 5.41) is 14.3. The first-order valence-electron chi connectivity index (χ1n) is 6.26. The molecule has 0 aliphatic heterocycles. The standard InChI is InChI=1S/C13H15FN4O2/c1-2-8(7-15)17-13-10(14)6-11(18(19)20)9-4-3-5-16-12(9)13/h3-6,8,17H,2,7,15H2,1H3. The lowest BCUT2D eigenvalue weighted by molar-refractivity contribution is -0.383. The number of rotatable bonds is 5. The van der Waals surface area contributed by atoms with E-state index in [4.69, 9.17) is 5.73 Å². The SMILES string of the molecule is CCC(CN)Nc1c(F)cc([N+](=O)[O-])c2cccnc12. The molecule has 1 heterocycles. The van der Waals surface area contributed by atoms with E-state index in [1.165, 1.54) is 6.20 Å². The highest BCUT2D eigenvalue weighted by atomic mass is 19.1. The Labute approximate surface area is 115 Å². The van der Waals surface area contributed by atoms with E-state index >= 15 is 0 Å². The van der Waals surface area contributed by atoms with Crippen LogP contribution in [0.2, 0.25) is 0 Å². The van der Waals surface area contributed by atoms with Gasteiger partial charge >= 0.3 is 0 Å². The number of nitro groups is 1. The fourth-order valence-electron chi connectivity index (χ4n) is 2.01. The van der Waals surface area contributed by atoms with Crippen molar-refractivity contribution in [3.63, 3.8) is 0 Å². The van der Waals surface area contributed by atoms with Crippen molar-refractivity contribution in [2.24, 2.45) is 5.73 Å². The first kappa shape index (κ1) is 14.1. The maximum absolute atomic E-state index is 14.1. The van der Waals surface area contributed by atoms with Crippen LogP contribution in [0.15, 0.2) is 24.4 Å². The van der Waals surface area contributed by atoms with Gasteiger partial charge in [0.1, 0.15) is 5.52 Å². The average molecular weight is 278 g/mol. The fourth-order valence-corrected chi connectivity index (χ4v) is 2.01. The van der Waals surface area contributed by atoms with Gasteiger partial charge in [0.05, 0.1) is 22.1 Å². The van der Waals surface area contributed by atoms with Crippen LogP contribution in [-0.4, -0.2) is 22.5 Å². The zero-order chi connectivity index (χ0) is 14.7. The van der Waals surface area contributed by atoms with E-state index in [9.17, 15) is 14.5 Å². The molecule has 0 saturated carbocycles. The van der Waals surface area contributed by atoms with E-state index in [2.05, 4.69) is 10.3 Å². The number of nitrogens with zero attached hydrogens (tertiary/aromatic N) is 2. The molecule has 0 radical (unpaired) electrons. The van der Waals surface area contributed by atoms with Crippen molar-refractivity contribution in [1.29, 1.82) is 0 Å². The minimum atomic E-state index is -0.699. The van der Waals surface area contributed by atoms with Crippen LogP contribution in [0, 0.1) is 15.9 Å². The number of nitrogens with one attached hydrogen (secondary N) is 1. The lowest BCUT2D eigenvalue weighted by atomic mass is 10.1. The van der Waals surface area contributed by atoms with Crippen LogP contribution < -0.4 is 11.1 Å². The zero-order valence-corrected chi connectivity index (χ0v) is 11.0. The summed E-state index contributed by atoms with van der Waals surface area (Å²) in [5.74, 6) is -0.699. The largest absolute Gasteiger partial charge is 0.377 e. The van der Waals surface area contributed by atoms with Gasteiger partial charge in [0.25, 0.3) is 5.69 Å². The van der Waals surface area contributed by atoms with E-state index in [1.807, 2.05) is 6.92 Å². The number of hydrogen-bond donors (Lipinski definition) is 2. The summed E-state index contributed by atoms with van der Waals surface area (Å²) in [7, 11) is 0. The number of fused-ring (bicyclic) bond motifs is 1. The Morgan fingerprint density at radius 1 is 1.60 bits per heavy atom. The van der Waals surface area contributed by atoms with Gasteiger partial charge in [0, 0.05) is 18.8 Å². The molecule has 0 bridgehead atoms. The van der Waals surface area contributed by atoms with Crippen LogP contribution in [0.25, 0.3) is 10.9 Å². The molecule has 0 amide bonds. The molecule has 0 aliphatic carbocycles. The van der Waals surface area contributed by atoms with Crippen molar-refractivity contribution in [3.05, 3.63) is 40.3 Å². The molecule has 1 aromatic carbocycles. The number of hydrogen-bond acceptors (Lipinski definition) is 5. The molecule has 7 heteroatoms. The smallest absolute Gasteiger partial charge is 0.281 e. The van der Waals surface area contributed by atoms with Gasteiger partial charge in [-0.15, -0.1) is 0 Å². The molecule has 0 spiro atoms. The van der Waals surface area contributed by atoms with Crippen LogP contribution in [0.5, 0.6) is 0 Å². The topological polar surface area (TPSA) is 94.1 Å². The van der Waals surface area contributed by atoms with Gasteiger partial charge in [-0.05, 0) is 18.6 Å². The number of anilines is 1. The third kappa shape index (κ3) is 2.53. The molecule has 2 aromatic rings. The predicted octanol–water partition coefficient (Wildman–Crippen LogP) is 2.43. The van der Waals surface area contributed by atoms with Crippen molar-refractivity contribution in [2.75, 3.05) is 11.9 Å². The molecule has 6 nitrogen and oxygen atoms in total. The van der Waals surface area contributed by atoms with Crippen LogP contribution in [0.3, 0.4) is 0 Å². The number of pyridine rings is 1. The van der Waals surface area contributed by atoms with Gasteiger partial charge in [0.2, 0.25) is 0 Å². The molecular formula is C13H15FN4O2. The summed E-state index contributed by atoms with van der Waals surface area (Å²) in [6, 6.07) is 3.93. The van der Waals surface area contributed by atoms with Gasteiger partial charge < -0.3 is 11.1 Å². The van der Waals surface area contributed by atoms with Crippen molar-refractivity contribution in [2.45, 2.75) is 19.4 Å². The maximum atomic E-state index is 14.1. The summed E-state index contributed by atoms with van der Waals surface area (Å²) in [6.45, 7) is 2.25. The van der Waals surface area contributed by atoms with Crippen molar-refractivity contribution >= 4 is 22.3 Å². The van der Waals surface area contributed by atoms with E-state index in [-0.39, 0.29) is 22.9 Å². The number of aromatic nitrogens is 1. The van der Waals surface area contributed by atoms with Gasteiger partial charge in [-0.2, -0.15) is 0 Å². The second-order valence-electron chi connectivity index (χ2n) is 4.39. The average Bonchev–Trinajstić information content (AvgIpc) is 2.45. The fraction of sp³-hybridized carbons (Fsp3) is 0.308. The molecule has 106 valence electrons. The number of halogens is 1. The van der Waals surface area contributed by atoms with E-state index in [0.29, 0.717) is 18.4 Å². The maximum Gasteiger partial charge on any atom is 0.281 e. The Morgan fingerprint density at radius 2 is 2.35 bits per heavy atom. The first-order chi connectivity index (χ1) is 9.58. The van der Waals surface area contributed by atoms with Crippen LogP contribution >= 0.6 is 0 Å². The summed E-state index contributed by atoms with van der Waals surface area (Å²) in [4.78, 5) is 14.4. The third-order valence-corrected chi connectivity index (χ3v) is 3.15. The molecule has 0 saturated heterocycles. The molecular weight excluding hydrogens is 263 g/mol. The van der Waals surface area contributed by atoms with Gasteiger partial charge in [-0.3, -0.25) is 15.1 Å². The Hall–Kier alpha value is -2.28.